The lowest BCUT2D eigenvalue weighted by atomic mass is 10.2. The van der Waals surface area contributed by atoms with Crippen molar-refractivity contribution >= 4 is 17.7 Å². The second-order valence-corrected chi connectivity index (χ2v) is 6.70. The summed E-state index contributed by atoms with van der Waals surface area (Å²) in [5.74, 6) is -0.430. The summed E-state index contributed by atoms with van der Waals surface area (Å²) >= 11 is 0. The molecule has 1 heterocycles. The summed E-state index contributed by atoms with van der Waals surface area (Å²) in [6, 6.07) is 6.55. The number of anilines is 1. The number of piperazine rings is 1. The Hall–Kier alpha value is -2.38. The van der Waals surface area contributed by atoms with Gasteiger partial charge in [0.25, 0.3) is 0 Å². The lowest BCUT2D eigenvalue weighted by molar-refractivity contribution is 0.0600. The first-order valence-electron chi connectivity index (χ1n) is 9.37. The molecule has 0 radical (unpaired) electrons. The fourth-order valence-corrected chi connectivity index (χ4v) is 3.07. The number of urea groups is 1. The molecular weight excluding hydrogens is 344 g/mol. The number of nitrogens with one attached hydrogen (secondary N) is 2. The van der Waals surface area contributed by atoms with E-state index in [0.29, 0.717) is 24.3 Å². The van der Waals surface area contributed by atoms with Crippen molar-refractivity contribution in [2.45, 2.75) is 13.3 Å². The number of esters is 1. The van der Waals surface area contributed by atoms with E-state index in [-0.39, 0.29) is 6.03 Å². The third-order valence-corrected chi connectivity index (χ3v) is 4.39. The van der Waals surface area contributed by atoms with Crippen LogP contribution in [0.15, 0.2) is 36.4 Å². The maximum absolute atomic E-state index is 12.7. The molecule has 148 valence electrons. The quantitative estimate of drug-likeness (QED) is 0.539. The number of hydrogen-bond acceptors (Lipinski definition) is 5. The van der Waals surface area contributed by atoms with Gasteiger partial charge in [0.1, 0.15) is 0 Å². The van der Waals surface area contributed by atoms with E-state index in [4.69, 9.17) is 4.74 Å². The van der Waals surface area contributed by atoms with Gasteiger partial charge in [-0.3, -0.25) is 4.90 Å². The summed E-state index contributed by atoms with van der Waals surface area (Å²) < 4.78 is 4.72. The first-order chi connectivity index (χ1) is 13.0. The highest BCUT2D eigenvalue weighted by Gasteiger charge is 2.17. The number of carbonyl (C=O) groups excluding carboxylic acids is 2. The zero-order valence-electron chi connectivity index (χ0n) is 16.3. The molecule has 27 heavy (non-hydrogen) atoms. The van der Waals surface area contributed by atoms with Gasteiger partial charge < -0.3 is 20.3 Å². The molecule has 1 saturated heterocycles. The molecule has 0 unspecified atom stereocenters. The van der Waals surface area contributed by atoms with Crippen LogP contribution >= 0.6 is 0 Å². The smallest absolute Gasteiger partial charge is 0.337 e. The molecule has 2 N–H and O–H groups in total. The van der Waals surface area contributed by atoms with Gasteiger partial charge in [-0.15, -0.1) is 0 Å². The molecule has 2 amide bonds. The van der Waals surface area contributed by atoms with Crippen molar-refractivity contribution < 1.29 is 14.3 Å². The Labute approximate surface area is 161 Å². The van der Waals surface area contributed by atoms with Crippen LogP contribution in [0.4, 0.5) is 10.5 Å². The minimum Gasteiger partial charge on any atom is -0.465 e. The number of amides is 2. The second kappa shape index (κ2) is 10.7. The highest BCUT2D eigenvalue weighted by atomic mass is 16.5. The Balaban J connectivity index is 1.95. The summed E-state index contributed by atoms with van der Waals surface area (Å²) in [5.41, 5.74) is 1.99. The SMILES string of the molecule is C=C(CN1CCNCC1)CN(CCC)C(=O)Nc1cccc(C(=O)OC)c1. The fourth-order valence-electron chi connectivity index (χ4n) is 3.07. The second-order valence-electron chi connectivity index (χ2n) is 6.70. The molecule has 0 saturated carbocycles. The number of hydrogen-bond donors (Lipinski definition) is 2. The minimum atomic E-state index is -0.430. The number of carbonyl (C=O) groups is 2. The summed E-state index contributed by atoms with van der Waals surface area (Å²) in [6.45, 7) is 12.1. The van der Waals surface area contributed by atoms with Gasteiger partial charge in [-0.05, 0) is 30.2 Å². The van der Waals surface area contributed by atoms with Crippen molar-refractivity contribution in [3.8, 4) is 0 Å². The molecule has 0 bridgehead atoms. The fraction of sp³-hybridized carbons (Fsp3) is 0.500. The van der Waals surface area contributed by atoms with E-state index in [0.717, 1.165) is 44.7 Å². The van der Waals surface area contributed by atoms with Crippen LogP contribution in [-0.4, -0.2) is 74.7 Å². The Morgan fingerprint density at radius 3 is 2.74 bits per heavy atom. The third kappa shape index (κ3) is 6.69. The number of ether oxygens (including phenoxy) is 1. The molecular formula is C20H30N4O3. The number of rotatable bonds is 8. The highest BCUT2D eigenvalue weighted by molar-refractivity contribution is 5.94. The van der Waals surface area contributed by atoms with Crippen molar-refractivity contribution in [1.29, 1.82) is 0 Å². The summed E-state index contributed by atoms with van der Waals surface area (Å²) in [7, 11) is 1.33. The van der Waals surface area contributed by atoms with Gasteiger partial charge in [0.05, 0.1) is 12.7 Å². The molecule has 1 aliphatic heterocycles. The van der Waals surface area contributed by atoms with Crippen molar-refractivity contribution in [3.05, 3.63) is 42.0 Å². The van der Waals surface area contributed by atoms with Crippen LogP contribution in [0.1, 0.15) is 23.7 Å². The van der Waals surface area contributed by atoms with Crippen LogP contribution in [0.25, 0.3) is 0 Å². The van der Waals surface area contributed by atoms with E-state index < -0.39 is 5.97 Å². The van der Waals surface area contributed by atoms with E-state index in [1.54, 1.807) is 29.2 Å². The van der Waals surface area contributed by atoms with E-state index in [2.05, 4.69) is 22.1 Å². The van der Waals surface area contributed by atoms with Gasteiger partial charge in [-0.25, -0.2) is 9.59 Å². The van der Waals surface area contributed by atoms with Gasteiger partial charge in [0, 0.05) is 51.5 Å². The maximum atomic E-state index is 12.7. The van der Waals surface area contributed by atoms with Crippen LogP contribution in [-0.2, 0) is 4.74 Å². The van der Waals surface area contributed by atoms with Crippen LogP contribution in [0.3, 0.4) is 0 Å². The van der Waals surface area contributed by atoms with Gasteiger partial charge in [-0.2, -0.15) is 0 Å². The summed E-state index contributed by atoms with van der Waals surface area (Å²) in [6.07, 6.45) is 0.858. The lowest BCUT2D eigenvalue weighted by Gasteiger charge is -2.30. The van der Waals surface area contributed by atoms with Crippen LogP contribution in [0.5, 0.6) is 0 Å². The lowest BCUT2D eigenvalue weighted by Crippen LogP contribution is -2.45. The molecule has 0 atom stereocenters. The number of nitrogens with zero attached hydrogens (tertiary/aromatic N) is 2. The van der Waals surface area contributed by atoms with E-state index in [1.165, 1.54) is 7.11 Å². The van der Waals surface area contributed by atoms with Gasteiger partial charge >= 0.3 is 12.0 Å². The molecule has 1 aromatic carbocycles. The normalized spacial score (nSPS) is 14.4. The van der Waals surface area contributed by atoms with E-state index in [9.17, 15) is 9.59 Å². The highest BCUT2D eigenvalue weighted by Crippen LogP contribution is 2.13. The van der Waals surface area contributed by atoms with E-state index >= 15 is 0 Å². The first kappa shape index (κ1) is 20.9. The van der Waals surface area contributed by atoms with Crippen molar-refractivity contribution in [1.82, 2.24) is 15.1 Å². The third-order valence-electron chi connectivity index (χ3n) is 4.39. The number of benzene rings is 1. The Morgan fingerprint density at radius 1 is 1.33 bits per heavy atom. The Morgan fingerprint density at radius 2 is 2.07 bits per heavy atom. The molecule has 7 heteroatoms. The monoisotopic (exact) mass is 374 g/mol. The number of methoxy groups -OCH3 is 1. The van der Waals surface area contributed by atoms with Gasteiger partial charge in [-0.1, -0.05) is 19.6 Å². The molecule has 0 aliphatic carbocycles. The predicted molar refractivity (Wildman–Crippen MR) is 107 cm³/mol. The molecule has 0 aromatic heterocycles. The molecule has 1 fully saturated rings. The zero-order valence-corrected chi connectivity index (χ0v) is 16.3. The Kier molecular flexibility index (Phi) is 8.29. The standard InChI is InChI=1S/C20H30N4O3/c1-4-10-24(15-16(2)14-23-11-8-21-9-12-23)20(26)22-18-7-5-6-17(13-18)19(25)27-3/h5-7,13,21H,2,4,8-12,14-15H2,1,3H3,(H,22,26). The zero-order chi connectivity index (χ0) is 19.6. The van der Waals surface area contributed by atoms with E-state index in [1.807, 2.05) is 6.92 Å². The molecule has 7 nitrogen and oxygen atoms in total. The first-order valence-corrected chi connectivity index (χ1v) is 9.37. The van der Waals surface area contributed by atoms with Crippen LogP contribution in [0, 0.1) is 0 Å². The topological polar surface area (TPSA) is 73.9 Å². The summed E-state index contributed by atoms with van der Waals surface area (Å²) in [4.78, 5) is 28.5. The van der Waals surface area contributed by atoms with Crippen LogP contribution in [0.2, 0.25) is 0 Å². The van der Waals surface area contributed by atoms with Crippen molar-refractivity contribution in [3.63, 3.8) is 0 Å². The maximum Gasteiger partial charge on any atom is 0.337 e. The predicted octanol–water partition coefficient (Wildman–Crippen LogP) is 2.18. The van der Waals surface area contributed by atoms with Crippen molar-refractivity contribution in [2.24, 2.45) is 0 Å². The molecule has 2 rings (SSSR count). The van der Waals surface area contributed by atoms with Gasteiger partial charge in [0.15, 0.2) is 0 Å². The summed E-state index contributed by atoms with van der Waals surface area (Å²) in [5, 5.41) is 6.20. The molecule has 1 aromatic rings. The minimum absolute atomic E-state index is 0.194. The molecule has 0 spiro atoms. The van der Waals surface area contributed by atoms with Crippen molar-refractivity contribution in [2.75, 3.05) is 58.2 Å². The Bertz CT molecular complexity index is 656. The average Bonchev–Trinajstić information content (AvgIpc) is 2.68. The van der Waals surface area contributed by atoms with Gasteiger partial charge in [0.2, 0.25) is 0 Å². The average molecular weight is 374 g/mol. The van der Waals surface area contributed by atoms with Crippen LogP contribution < -0.4 is 10.6 Å². The largest absolute Gasteiger partial charge is 0.465 e. The molecule has 1 aliphatic rings.